The van der Waals surface area contributed by atoms with Gasteiger partial charge in [0.2, 0.25) is 21.8 Å². The first-order valence-electron chi connectivity index (χ1n) is 10.4. The van der Waals surface area contributed by atoms with Crippen LogP contribution in [0.1, 0.15) is 25.3 Å². The zero-order chi connectivity index (χ0) is 24.6. The van der Waals surface area contributed by atoms with Crippen molar-refractivity contribution in [1.29, 1.82) is 0 Å². The molecule has 2 rings (SSSR count). The van der Waals surface area contributed by atoms with Gasteiger partial charge in [-0.1, -0.05) is 41.9 Å². The van der Waals surface area contributed by atoms with Crippen LogP contribution in [0.15, 0.2) is 48.5 Å². The Morgan fingerprint density at radius 2 is 1.76 bits per heavy atom. The molecule has 0 bridgehead atoms. The summed E-state index contributed by atoms with van der Waals surface area (Å²) in [6.07, 6.45) is 1.41. The number of halogens is 1. The van der Waals surface area contributed by atoms with Crippen LogP contribution < -0.4 is 14.4 Å². The second kappa shape index (κ2) is 11.9. The lowest BCUT2D eigenvalue weighted by atomic mass is 10.1. The molecule has 2 amide bonds. The predicted octanol–water partition coefficient (Wildman–Crippen LogP) is 3.06. The molecule has 1 atom stereocenters. The fraction of sp³-hybridized carbons (Fsp3) is 0.391. The van der Waals surface area contributed by atoms with Gasteiger partial charge in [0.1, 0.15) is 11.8 Å². The second-order valence-electron chi connectivity index (χ2n) is 7.51. The number of amides is 2. The number of sulfonamides is 1. The van der Waals surface area contributed by atoms with Gasteiger partial charge in [0.15, 0.2) is 0 Å². The minimum absolute atomic E-state index is 0.0486. The van der Waals surface area contributed by atoms with E-state index in [0.717, 1.165) is 11.8 Å². The lowest BCUT2D eigenvalue weighted by Gasteiger charge is -2.29. The number of ether oxygens (including phenoxy) is 1. The molecule has 0 aliphatic heterocycles. The molecule has 8 nitrogen and oxygen atoms in total. The van der Waals surface area contributed by atoms with Gasteiger partial charge in [-0.3, -0.25) is 13.9 Å². The number of likely N-dealkylation sites (N-methyl/N-ethyl adjacent to an activating group) is 1. The summed E-state index contributed by atoms with van der Waals surface area (Å²) in [7, 11) is -0.634. The standard InChI is InChI=1S/C23H30ClN3O5S/c1-17(23(29)25-2)26(16-18-10-5-6-11-19(18)24)22(28)14-9-15-27(33(4,30)31)20-12-7-8-13-21(20)32-3/h5-8,10-13,17H,9,14-16H2,1-4H3,(H,25,29). The van der Waals surface area contributed by atoms with Crippen LogP contribution in [-0.4, -0.2) is 58.1 Å². The van der Waals surface area contributed by atoms with E-state index in [2.05, 4.69) is 5.32 Å². The van der Waals surface area contributed by atoms with E-state index in [4.69, 9.17) is 16.3 Å². The number of benzene rings is 2. The van der Waals surface area contributed by atoms with Crippen molar-refractivity contribution in [3.05, 3.63) is 59.1 Å². The highest BCUT2D eigenvalue weighted by molar-refractivity contribution is 7.92. The van der Waals surface area contributed by atoms with Crippen LogP contribution in [-0.2, 0) is 26.2 Å². The van der Waals surface area contributed by atoms with Crippen molar-refractivity contribution in [2.24, 2.45) is 0 Å². The number of para-hydroxylation sites is 2. The van der Waals surface area contributed by atoms with E-state index in [-0.39, 0.29) is 37.7 Å². The highest BCUT2D eigenvalue weighted by Gasteiger charge is 2.27. The van der Waals surface area contributed by atoms with E-state index in [0.29, 0.717) is 16.5 Å². The maximum absolute atomic E-state index is 13.1. The van der Waals surface area contributed by atoms with Crippen LogP contribution in [0.25, 0.3) is 0 Å². The largest absolute Gasteiger partial charge is 0.495 e. The van der Waals surface area contributed by atoms with Gasteiger partial charge >= 0.3 is 0 Å². The number of hydrogen-bond donors (Lipinski definition) is 1. The van der Waals surface area contributed by atoms with Crippen LogP contribution in [0.4, 0.5) is 5.69 Å². The molecule has 1 N–H and O–H groups in total. The molecule has 0 saturated heterocycles. The van der Waals surface area contributed by atoms with Gasteiger partial charge in [0, 0.05) is 31.6 Å². The van der Waals surface area contributed by atoms with Crippen LogP contribution >= 0.6 is 11.6 Å². The summed E-state index contributed by atoms with van der Waals surface area (Å²) in [6.45, 7) is 1.89. The number of hydrogen-bond acceptors (Lipinski definition) is 5. The summed E-state index contributed by atoms with van der Waals surface area (Å²) in [5.74, 6) is -0.162. The average molecular weight is 496 g/mol. The van der Waals surface area contributed by atoms with Crippen LogP contribution in [0, 0.1) is 0 Å². The van der Waals surface area contributed by atoms with E-state index < -0.39 is 16.1 Å². The summed E-state index contributed by atoms with van der Waals surface area (Å²) in [5, 5.41) is 3.06. The van der Waals surface area contributed by atoms with Gasteiger partial charge < -0.3 is 15.0 Å². The molecule has 1 unspecified atom stereocenters. The number of methoxy groups -OCH3 is 1. The summed E-state index contributed by atoms with van der Waals surface area (Å²) in [6, 6.07) is 13.2. The molecule has 0 aromatic heterocycles. The Labute approximate surface area is 200 Å². The Morgan fingerprint density at radius 1 is 1.12 bits per heavy atom. The zero-order valence-electron chi connectivity index (χ0n) is 19.2. The van der Waals surface area contributed by atoms with Gasteiger partial charge in [-0.15, -0.1) is 0 Å². The van der Waals surface area contributed by atoms with Crippen molar-refractivity contribution < 1.29 is 22.7 Å². The Kier molecular flexibility index (Phi) is 9.55. The molecular weight excluding hydrogens is 466 g/mol. The topological polar surface area (TPSA) is 96.0 Å². The third kappa shape index (κ3) is 7.10. The third-order valence-electron chi connectivity index (χ3n) is 5.22. The molecule has 0 aliphatic carbocycles. The molecule has 0 radical (unpaired) electrons. The predicted molar refractivity (Wildman–Crippen MR) is 130 cm³/mol. The molecule has 10 heteroatoms. The Hall–Kier alpha value is -2.78. The van der Waals surface area contributed by atoms with Crippen molar-refractivity contribution in [3.63, 3.8) is 0 Å². The summed E-state index contributed by atoms with van der Waals surface area (Å²) < 4.78 is 31.4. The van der Waals surface area contributed by atoms with E-state index >= 15 is 0 Å². The first-order valence-corrected chi connectivity index (χ1v) is 12.7. The Bertz CT molecular complexity index is 1080. The molecular formula is C23H30ClN3O5S. The minimum Gasteiger partial charge on any atom is -0.495 e. The molecule has 0 spiro atoms. The fourth-order valence-corrected chi connectivity index (χ4v) is 4.58. The first-order chi connectivity index (χ1) is 15.6. The fourth-order valence-electron chi connectivity index (χ4n) is 3.42. The van der Waals surface area contributed by atoms with Gasteiger partial charge in [0.25, 0.3) is 0 Å². The van der Waals surface area contributed by atoms with E-state index in [9.17, 15) is 18.0 Å². The van der Waals surface area contributed by atoms with Crippen molar-refractivity contribution in [1.82, 2.24) is 10.2 Å². The van der Waals surface area contributed by atoms with Crippen LogP contribution in [0.3, 0.4) is 0 Å². The molecule has 33 heavy (non-hydrogen) atoms. The number of nitrogens with one attached hydrogen (secondary N) is 1. The number of anilines is 1. The van der Waals surface area contributed by atoms with E-state index in [1.165, 1.54) is 23.4 Å². The van der Waals surface area contributed by atoms with Crippen LogP contribution in [0.2, 0.25) is 5.02 Å². The molecule has 0 heterocycles. The SMILES string of the molecule is CNC(=O)C(C)N(Cc1ccccc1Cl)C(=O)CCCN(c1ccccc1OC)S(C)(=O)=O. The number of carbonyl (C=O) groups is 2. The number of carbonyl (C=O) groups excluding carboxylic acids is 2. The lowest BCUT2D eigenvalue weighted by Crippen LogP contribution is -2.46. The second-order valence-corrected chi connectivity index (χ2v) is 9.83. The smallest absolute Gasteiger partial charge is 0.242 e. The zero-order valence-corrected chi connectivity index (χ0v) is 20.8. The molecule has 2 aromatic rings. The van der Waals surface area contributed by atoms with Gasteiger partial charge in [-0.25, -0.2) is 8.42 Å². The molecule has 0 aliphatic rings. The third-order valence-corrected chi connectivity index (χ3v) is 6.77. The highest BCUT2D eigenvalue weighted by atomic mass is 35.5. The summed E-state index contributed by atoms with van der Waals surface area (Å²) in [5.41, 5.74) is 1.12. The first kappa shape index (κ1) is 26.5. The lowest BCUT2D eigenvalue weighted by molar-refractivity contribution is -0.140. The summed E-state index contributed by atoms with van der Waals surface area (Å²) in [4.78, 5) is 26.8. The van der Waals surface area contributed by atoms with Gasteiger partial charge in [-0.2, -0.15) is 0 Å². The number of nitrogens with zero attached hydrogens (tertiary/aromatic N) is 2. The van der Waals surface area contributed by atoms with E-state index in [1.54, 1.807) is 49.4 Å². The Morgan fingerprint density at radius 3 is 2.36 bits per heavy atom. The molecule has 180 valence electrons. The monoisotopic (exact) mass is 495 g/mol. The van der Waals surface area contributed by atoms with Crippen LogP contribution in [0.5, 0.6) is 5.75 Å². The van der Waals surface area contributed by atoms with Crippen molar-refractivity contribution in [3.8, 4) is 5.75 Å². The van der Waals surface area contributed by atoms with Gasteiger partial charge in [-0.05, 0) is 37.1 Å². The Balaban J connectivity index is 2.19. The van der Waals surface area contributed by atoms with E-state index in [1.807, 2.05) is 6.07 Å². The van der Waals surface area contributed by atoms with Crippen molar-refractivity contribution in [2.75, 3.05) is 31.3 Å². The van der Waals surface area contributed by atoms with Gasteiger partial charge in [0.05, 0.1) is 19.1 Å². The maximum atomic E-state index is 13.1. The quantitative estimate of drug-likeness (QED) is 0.517. The average Bonchev–Trinajstić information content (AvgIpc) is 2.79. The molecule has 2 aromatic carbocycles. The maximum Gasteiger partial charge on any atom is 0.242 e. The summed E-state index contributed by atoms with van der Waals surface area (Å²) >= 11 is 6.26. The molecule has 0 fully saturated rings. The number of rotatable bonds is 11. The normalized spacial score (nSPS) is 12.0. The van der Waals surface area contributed by atoms with Crippen molar-refractivity contribution in [2.45, 2.75) is 32.4 Å². The minimum atomic E-state index is -3.61. The van der Waals surface area contributed by atoms with Crippen molar-refractivity contribution >= 4 is 39.1 Å². The molecule has 0 saturated carbocycles. The highest BCUT2D eigenvalue weighted by Crippen LogP contribution is 2.30.